The van der Waals surface area contributed by atoms with Crippen molar-refractivity contribution in [2.24, 2.45) is 0 Å². The summed E-state index contributed by atoms with van der Waals surface area (Å²) in [6.45, 7) is 7.58. The zero-order valence-corrected chi connectivity index (χ0v) is 9.72. The van der Waals surface area contributed by atoms with Gasteiger partial charge in [0.2, 0.25) is 0 Å². The zero-order chi connectivity index (χ0) is 8.43. The highest BCUT2D eigenvalue weighted by Gasteiger charge is 1.95. The van der Waals surface area contributed by atoms with Crippen LogP contribution in [0.5, 0.6) is 0 Å². The number of rotatable bonds is 1. The summed E-state index contributed by atoms with van der Waals surface area (Å²) in [5, 5.41) is 3.03. The van der Waals surface area contributed by atoms with Crippen LogP contribution in [0.3, 0.4) is 0 Å². The van der Waals surface area contributed by atoms with E-state index in [1.165, 1.54) is 0 Å². The summed E-state index contributed by atoms with van der Waals surface area (Å²) < 4.78 is 3.18. The van der Waals surface area contributed by atoms with E-state index in [1.807, 2.05) is 5.38 Å². The van der Waals surface area contributed by atoms with E-state index < -0.39 is 0 Å². The molecule has 3 heteroatoms. The first kappa shape index (κ1) is 9.23. The highest BCUT2D eigenvalue weighted by molar-refractivity contribution is 9.15. The van der Waals surface area contributed by atoms with E-state index in [1.54, 1.807) is 17.4 Å². The minimum absolute atomic E-state index is 0.998. The fourth-order valence-electron chi connectivity index (χ4n) is 0.655. The lowest BCUT2D eigenvalue weighted by atomic mass is 10.4. The number of hydrogen-bond acceptors (Lipinski definition) is 1. The molecular formula is C8H6Br2S. The maximum absolute atomic E-state index is 3.91. The van der Waals surface area contributed by atoms with Crippen molar-refractivity contribution >= 4 is 54.3 Å². The van der Waals surface area contributed by atoms with E-state index in [0.29, 0.717) is 0 Å². The fourth-order valence-corrected chi connectivity index (χ4v) is 2.60. The number of thiophene rings is 1. The fraction of sp³-hybridized carbons (Fsp3) is 0. The van der Waals surface area contributed by atoms with Crippen LogP contribution in [-0.2, 0) is 0 Å². The maximum atomic E-state index is 3.91. The lowest BCUT2D eigenvalue weighted by molar-refractivity contribution is 1.68. The van der Waals surface area contributed by atoms with E-state index >= 15 is 0 Å². The average Bonchev–Trinajstić information content (AvgIpc) is 2.32. The Labute approximate surface area is 86.2 Å². The molecule has 0 atom stereocenters. The lowest BCUT2D eigenvalue weighted by Gasteiger charge is -1.82. The summed E-state index contributed by atoms with van der Waals surface area (Å²) in [5.74, 6) is 0. The standard InChI is InChI=1S/C8H6Br2S/c1-3-6(9)8-5(2)7(10)4-11-8/h3-4H,1-2H2/b8-6-. The van der Waals surface area contributed by atoms with Crippen LogP contribution >= 0.6 is 43.2 Å². The summed E-state index contributed by atoms with van der Waals surface area (Å²) >= 11 is 8.43. The van der Waals surface area contributed by atoms with Crippen molar-refractivity contribution in [2.45, 2.75) is 0 Å². The Balaban J connectivity index is 3.60. The Morgan fingerprint density at radius 1 is 1.64 bits per heavy atom. The van der Waals surface area contributed by atoms with E-state index in [-0.39, 0.29) is 0 Å². The van der Waals surface area contributed by atoms with Gasteiger partial charge in [-0.15, -0.1) is 11.3 Å². The smallest absolute Gasteiger partial charge is 0.0490 e. The molecule has 11 heavy (non-hydrogen) atoms. The topological polar surface area (TPSA) is 0 Å². The van der Waals surface area contributed by atoms with Gasteiger partial charge in [0.1, 0.15) is 0 Å². The van der Waals surface area contributed by atoms with E-state index in [4.69, 9.17) is 0 Å². The van der Waals surface area contributed by atoms with Crippen LogP contribution in [0, 0.1) is 0 Å². The van der Waals surface area contributed by atoms with Crippen LogP contribution in [0.25, 0.3) is 11.1 Å². The Bertz CT molecular complexity index is 375. The van der Waals surface area contributed by atoms with Gasteiger partial charge in [0, 0.05) is 24.1 Å². The van der Waals surface area contributed by atoms with E-state index in [9.17, 15) is 0 Å². The van der Waals surface area contributed by atoms with Gasteiger partial charge in [-0.1, -0.05) is 19.2 Å². The van der Waals surface area contributed by atoms with Crippen molar-refractivity contribution in [3.63, 3.8) is 0 Å². The molecule has 0 spiro atoms. The molecule has 58 valence electrons. The predicted molar refractivity (Wildman–Crippen MR) is 59.3 cm³/mol. The molecule has 0 aliphatic heterocycles. The first-order chi connectivity index (χ1) is 5.16. The number of halogens is 2. The van der Waals surface area contributed by atoms with Gasteiger partial charge in [0.05, 0.1) is 0 Å². The summed E-state index contributed by atoms with van der Waals surface area (Å²) in [5.41, 5.74) is 0. The Kier molecular flexibility index (Phi) is 3.10. The van der Waals surface area contributed by atoms with Crippen molar-refractivity contribution in [1.82, 2.24) is 0 Å². The average molecular weight is 294 g/mol. The predicted octanol–water partition coefficient (Wildman–Crippen LogP) is 2.61. The third-order valence-corrected chi connectivity index (χ3v) is 4.29. The van der Waals surface area contributed by atoms with E-state index in [0.717, 1.165) is 18.7 Å². The summed E-state index contributed by atoms with van der Waals surface area (Å²) in [6, 6.07) is 0. The molecule has 0 bridgehead atoms. The molecule has 0 amide bonds. The van der Waals surface area contributed by atoms with Crippen LogP contribution in [0.1, 0.15) is 0 Å². The van der Waals surface area contributed by atoms with Gasteiger partial charge in [-0.2, -0.15) is 0 Å². The molecule has 0 N–H and O–H groups in total. The van der Waals surface area contributed by atoms with Gasteiger partial charge >= 0.3 is 0 Å². The lowest BCUT2D eigenvalue weighted by Crippen LogP contribution is -2.17. The molecule has 0 fully saturated rings. The molecular weight excluding hydrogens is 288 g/mol. The monoisotopic (exact) mass is 292 g/mol. The normalized spacial score (nSPS) is 12.9. The third-order valence-electron chi connectivity index (χ3n) is 1.24. The second kappa shape index (κ2) is 3.70. The first-order valence-corrected chi connectivity index (χ1v) is 5.37. The maximum Gasteiger partial charge on any atom is 0.0490 e. The van der Waals surface area contributed by atoms with Crippen LogP contribution in [0.2, 0.25) is 0 Å². The molecule has 0 saturated carbocycles. The Hall–Kier alpha value is 0.140. The minimum atomic E-state index is 0.998. The van der Waals surface area contributed by atoms with Gasteiger partial charge in [-0.25, -0.2) is 0 Å². The molecule has 0 aromatic carbocycles. The molecule has 0 unspecified atom stereocenters. The molecule has 0 saturated heterocycles. The molecule has 1 aromatic heterocycles. The van der Waals surface area contributed by atoms with E-state index in [2.05, 4.69) is 45.0 Å². The molecule has 0 aliphatic rings. The molecule has 1 aromatic rings. The van der Waals surface area contributed by atoms with Crippen molar-refractivity contribution in [3.05, 3.63) is 32.3 Å². The van der Waals surface area contributed by atoms with Crippen LogP contribution in [0.15, 0.2) is 22.5 Å². The molecule has 1 rings (SSSR count). The molecule has 0 nitrogen and oxygen atoms in total. The SMILES string of the molecule is C=C/C(Br)=c1/scc(Br)c1=C. The van der Waals surface area contributed by atoms with Gasteiger partial charge in [-0.3, -0.25) is 0 Å². The first-order valence-electron chi connectivity index (χ1n) is 2.91. The van der Waals surface area contributed by atoms with Crippen molar-refractivity contribution in [3.8, 4) is 0 Å². The van der Waals surface area contributed by atoms with Crippen LogP contribution in [0.4, 0.5) is 0 Å². The van der Waals surface area contributed by atoms with Crippen molar-refractivity contribution in [2.75, 3.05) is 0 Å². The quantitative estimate of drug-likeness (QED) is 0.747. The largest absolute Gasteiger partial charge is 0.141 e. The van der Waals surface area contributed by atoms with Gasteiger partial charge < -0.3 is 0 Å². The van der Waals surface area contributed by atoms with Gasteiger partial charge in [0.15, 0.2) is 0 Å². The van der Waals surface area contributed by atoms with Crippen molar-refractivity contribution < 1.29 is 0 Å². The second-order valence-corrected chi connectivity index (χ2v) is 4.53. The molecule has 0 aliphatic carbocycles. The highest BCUT2D eigenvalue weighted by atomic mass is 79.9. The van der Waals surface area contributed by atoms with Crippen LogP contribution in [-0.4, -0.2) is 0 Å². The third kappa shape index (κ3) is 1.83. The van der Waals surface area contributed by atoms with Gasteiger partial charge in [-0.05, 0) is 31.9 Å². The molecule has 0 radical (unpaired) electrons. The Morgan fingerprint density at radius 2 is 2.27 bits per heavy atom. The minimum Gasteiger partial charge on any atom is -0.141 e. The number of allylic oxidation sites excluding steroid dienone is 1. The summed E-state index contributed by atoms with van der Waals surface area (Å²) in [4.78, 5) is 0. The van der Waals surface area contributed by atoms with Gasteiger partial charge in [0.25, 0.3) is 0 Å². The highest BCUT2D eigenvalue weighted by Crippen LogP contribution is 2.08. The Morgan fingerprint density at radius 3 is 2.64 bits per heavy atom. The summed E-state index contributed by atoms with van der Waals surface area (Å²) in [6.07, 6.45) is 1.77. The zero-order valence-electron chi connectivity index (χ0n) is 5.73. The second-order valence-electron chi connectivity index (χ2n) is 1.94. The molecule has 1 heterocycles. The number of hydrogen-bond donors (Lipinski definition) is 0. The van der Waals surface area contributed by atoms with Crippen molar-refractivity contribution in [1.29, 1.82) is 0 Å². The van der Waals surface area contributed by atoms with Crippen LogP contribution < -0.4 is 9.75 Å². The summed E-state index contributed by atoms with van der Waals surface area (Å²) in [7, 11) is 0.